The van der Waals surface area contributed by atoms with Crippen LogP contribution in [0, 0.1) is 13.8 Å². The maximum absolute atomic E-state index is 11.0. The second-order valence-corrected chi connectivity index (χ2v) is 6.33. The molecule has 2 atom stereocenters. The highest BCUT2D eigenvalue weighted by Crippen LogP contribution is 2.33. The molecule has 1 saturated carbocycles. The van der Waals surface area contributed by atoms with Crippen molar-refractivity contribution in [1.82, 2.24) is 0 Å². The van der Waals surface area contributed by atoms with E-state index in [1.807, 2.05) is 44.2 Å². The fourth-order valence-corrected chi connectivity index (χ4v) is 3.43. The van der Waals surface area contributed by atoms with Crippen molar-refractivity contribution < 1.29 is 14.6 Å². The van der Waals surface area contributed by atoms with E-state index in [9.17, 15) is 9.90 Å². The summed E-state index contributed by atoms with van der Waals surface area (Å²) in [6, 6.07) is 11.7. The van der Waals surface area contributed by atoms with Crippen LogP contribution in [0.25, 0.3) is 11.1 Å². The molecule has 1 N–H and O–H groups in total. The molecule has 3 heteroatoms. The van der Waals surface area contributed by atoms with E-state index in [0.29, 0.717) is 5.56 Å². The summed E-state index contributed by atoms with van der Waals surface area (Å²) in [5.41, 5.74) is 5.06. The Morgan fingerprint density at radius 2 is 1.87 bits per heavy atom. The lowest BCUT2D eigenvalue weighted by molar-refractivity contribution is 0.0603. The van der Waals surface area contributed by atoms with Gasteiger partial charge in [0.2, 0.25) is 0 Å². The number of hydrogen-bond donors (Lipinski definition) is 1. The van der Waals surface area contributed by atoms with Gasteiger partial charge >= 0.3 is 0 Å². The highest BCUT2D eigenvalue weighted by molar-refractivity contribution is 5.80. The molecule has 23 heavy (non-hydrogen) atoms. The minimum atomic E-state index is -0.362. The number of rotatable bonds is 4. The highest BCUT2D eigenvalue weighted by Gasteiger charge is 2.27. The summed E-state index contributed by atoms with van der Waals surface area (Å²) < 4.78 is 5.98. The molecule has 1 aliphatic rings. The number of aldehydes is 1. The van der Waals surface area contributed by atoms with Crippen LogP contribution in [0.4, 0.5) is 0 Å². The van der Waals surface area contributed by atoms with Gasteiger partial charge in [-0.2, -0.15) is 0 Å². The normalized spacial score (nSPS) is 20.5. The smallest absolute Gasteiger partial charge is 0.150 e. The highest BCUT2D eigenvalue weighted by atomic mass is 16.5. The number of carbonyl (C=O) groups is 1. The lowest BCUT2D eigenvalue weighted by Crippen LogP contribution is -2.25. The van der Waals surface area contributed by atoms with E-state index in [4.69, 9.17) is 4.74 Å². The van der Waals surface area contributed by atoms with Crippen LogP contribution >= 0.6 is 0 Å². The average Bonchev–Trinajstić information content (AvgIpc) is 2.92. The summed E-state index contributed by atoms with van der Waals surface area (Å²) in [5, 5.41) is 9.92. The summed E-state index contributed by atoms with van der Waals surface area (Å²) in [4.78, 5) is 11.0. The van der Waals surface area contributed by atoms with Crippen molar-refractivity contribution >= 4 is 6.29 Å². The van der Waals surface area contributed by atoms with Crippen molar-refractivity contribution in [3.8, 4) is 16.9 Å². The minimum absolute atomic E-state index is 0.0990. The molecule has 0 bridgehead atoms. The Labute approximate surface area is 136 Å². The van der Waals surface area contributed by atoms with Gasteiger partial charge in [-0.1, -0.05) is 18.2 Å². The van der Waals surface area contributed by atoms with E-state index in [-0.39, 0.29) is 12.2 Å². The predicted octanol–water partition coefficient (Wildman–Crippen LogP) is 4.08. The van der Waals surface area contributed by atoms with Crippen molar-refractivity contribution in [3.05, 3.63) is 53.1 Å². The van der Waals surface area contributed by atoms with E-state index in [2.05, 4.69) is 0 Å². The van der Waals surface area contributed by atoms with Crippen molar-refractivity contribution in [2.24, 2.45) is 0 Å². The standard InChI is InChI=1S/C20H22O3/c1-13-9-17(23-19-8-4-7-18(19)22)10-14(2)20(13)16-6-3-5-15(11-16)12-21/h3,5-6,9-12,18-19,22H,4,7-8H2,1-2H3/t18-,19-/m1/s1. The van der Waals surface area contributed by atoms with Gasteiger partial charge in [0.1, 0.15) is 18.1 Å². The second-order valence-electron chi connectivity index (χ2n) is 6.33. The lowest BCUT2D eigenvalue weighted by atomic mass is 9.94. The van der Waals surface area contributed by atoms with Gasteiger partial charge in [-0.05, 0) is 73.6 Å². The van der Waals surface area contributed by atoms with Crippen molar-refractivity contribution in [2.45, 2.75) is 45.3 Å². The molecular weight excluding hydrogens is 288 g/mol. The van der Waals surface area contributed by atoms with Crippen LogP contribution in [-0.4, -0.2) is 23.6 Å². The van der Waals surface area contributed by atoms with Gasteiger partial charge in [-0.15, -0.1) is 0 Å². The minimum Gasteiger partial charge on any atom is -0.488 e. The monoisotopic (exact) mass is 310 g/mol. The summed E-state index contributed by atoms with van der Waals surface area (Å²) in [7, 11) is 0. The Morgan fingerprint density at radius 3 is 2.48 bits per heavy atom. The zero-order chi connectivity index (χ0) is 16.4. The van der Waals surface area contributed by atoms with E-state index >= 15 is 0 Å². The number of carbonyl (C=O) groups excluding carboxylic acids is 1. The van der Waals surface area contributed by atoms with Crippen molar-refractivity contribution in [2.75, 3.05) is 0 Å². The molecule has 2 aromatic carbocycles. The first kappa shape index (κ1) is 15.8. The van der Waals surface area contributed by atoms with Gasteiger partial charge in [-0.25, -0.2) is 0 Å². The number of benzene rings is 2. The maximum atomic E-state index is 11.0. The van der Waals surface area contributed by atoms with E-state index in [1.54, 1.807) is 6.07 Å². The van der Waals surface area contributed by atoms with Gasteiger partial charge in [0.25, 0.3) is 0 Å². The molecule has 3 nitrogen and oxygen atoms in total. The Kier molecular flexibility index (Phi) is 4.49. The number of ether oxygens (including phenoxy) is 1. The molecule has 0 radical (unpaired) electrons. The fourth-order valence-electron chi connectivity index (χ4n) is 3.43. The quantitative estimate of drug-likeness (QED) is 0.866. The third-order valence-corrected chi connectivity index (χ3v) is 4.52. The molecule has 2 aromatic rings. The van der Waals surface area contributed by atoms with Crippen LogP contribution in [0.3, 0.4) is 0 Å². The lowest BCUT2D eigenvalue weighted by Gasteiger charge is -2.19. The van der Waals surface area contributed by atoms with E-state index in [1.165, 1.54) is 0 Å². The SMILES string of the molecule is Cc1cc(O[C@@H]2CCC[C@H]2O)cc(C)c1-c1cccc(C=O)c1. The molecule has 3 rings (SSSR count). The van der Waals surface area contributed by atoms with Crippen LogP contribution in [0.1, 0.15) is 40.7 Å². The molecule has 1 fully saturated rings. The average molecular weight is 310 g/mol. The first-order chi connectivity index (χ1) is 11.1. The van der Waals surface area contributed by atoms with Crippen LogP contribution in [0.15, 0.2) is 36.4 Å². The van der Waals surface area contributed by atoms with Crippen LogP contribution in [0.2, 0.25) is 0 Å². The van der Waals surface area contributed by atoms with Gasteiger partial charge in [0.05, 0.1) is 6.10 Å². The fraction of sp³-hybridized carbons (Fsp3) is 0.350. The molecule has 0 unspecified atom stereocenters. The molecule has 0 spiro atoms. The molecule has 0 aliphatic heterocycles. The Bertz CT molecular complexity index is 698. The largest absolute Gasteiger partial charge is 0.488 e. The van der Waals surface area contributed by atoms with Crippen LogP contribution in [0.5, 0.6) is 5.75 Å². The van der Waals surface area contributed by atoms with Gasteiger partial charge < -0.3 is 9.84 Å². The topological polar surface area (TPSA) is 46.5 Å². The summed E-state index contributed by atoms with van der Waals surface area (Å²) in [6.07, 6.45) is 3.15. The Balaban J connectivity index is 1.92. The molecule has 0 saturated heterocycles. The summed E-state index contributed by atoms with van der Waals surface area (Å²) in [5.74, 6) is 0.807. The van der Waals surface area contributed by atoms with Crippen LogP contribution < -0.4 is 4.74 Å². The number of hydrogen-bond acceptors (Lipinski definition) is 3. The van der Waals surface area contributed by atoms with Crippen LogP contribution in [-0.2, 0) is 0 Å². The third-order valence-electron chi connectivity index (χ3n) is 4.52. The first-order valence-electron chi connectivity index (χ1n) is 8.10. The number of aliphatic hydroxyl groups is 1. The molecule has 1 aliphatic carbocycles. The molecule has 0 heterocycles. The molecule has 0 aromatic heterocycles. The van der Waals surface area contributed by atoms with Gasteiger partial charge in [0, 0.05) is 5.56 Å². The van der Waals surface area contributed by atoms with Gasteiger partial charge in [-0.3, -0.25) is 4.79 Å². The van der Waals surface area contributed by atoms with Crippen molar-refractivity contribution in [1.29, 1.82) is 0 Å². The second kappa shape index (κ2) is 6.55. The Hall–Kier alpha value is -2.13. The van der Waals surface area contributed by atoms with Gasteiger partial charge in [0.15, 0.2) is 0 Å². The summed E-state index contributed by atoms with van der Waals surface area (Å²) >= 11 is 0. The Morgan fingerprint density at radius 1 is 1.13 bits per heavy atom. The molecule has 120 valence electrons. The molecule has 0 amide bonds. The van der Waals surface area contributed by atoms with E-state index in [0.717, 1.165) is 53.6 Å². The molecular formula is C20H22O3. The zero-order valence-electron chi connectivity index (χ0n) is 13.6. The first-order valence-corrected chi connectivity index (χ1v) is 8.10. The number of aliphatic hydroxyl groups excluding tert-OH is 1. The zero-order valence-corrected chi connectivity index (χ0v) is 13.6. The van der Waals surface area contributed by atoms with Crippen molar-refractivity contribution in [3.63, 3.8) is 0 Å². The maximum Gasteiger partial charge on any atom is 0.150 e. The predicted molar refractivity (Wildman–Crippen MR) is 91.0 cm³/mol. The third kappa shape index (κ3) is 3.30. The van der Waals surface area contributed by atoms with E-state index < -0.39 is 0 Å². The number of aryl methyl sites for hydroxylation is 2. The summed E-state index contributed by atoms with van der Waals surface area (Å²) in [6.45, 7) is 4.10.